The highest BCUT2D eigenvalue weighted by atomic mass is 32.2. The Bertz CT molecular complexity index is 583. The fourth-order valence-corrected chi connectivity index (χ4v) is 3.88. The first-order valence-corrected chi connectivity index (χ1v) is 8.40. The van der Waals surface area contributed by atoms with Gasteiger partial charge in [-0.2, -0.15) is 0 Å². The number of nitrogens with one attached hydrogen (secondary N) is 1. The summed E-state index contributed by atoms with van der Waals surface area (Å²) < 4.78 is 26.5. The van der Waals surface area contributed by atoms with Gasteiger partial charge in [-0.05, 0) is 36.8 Å². The average Bonchev–Trinajstić information content (AvgIpc) is 2.37. The monoisotopic (exact) mass is 297 g/mol. The molecular weight excluding hydrogens is 278 g/mol. The van der Waals surface area contributed by atoms with E-state index in [0.29, 0.717) is 6.42 Å². The molecule has 6 heteroatoms. The van der Waals surface area contributed by atoms with Gasteiger partial charge in [0.1, 0.15) is 0 Å². The number of aryl methyl sites for hydroxylation is 1. The minimum Gasteiger partial charge on any atom is -0.481 e. The normalized spacial score (nSPS) is 18.5. The van der Waals surface area contributed by atoms with Crippen LogP contribution >= 0.6 is 0 Å². The number of benzene rings is 1. The molecule has 0 radical (unpaired) electrons. The van der Waals surface area contributed by atoms with E-state index < -0.39 is 16.0 Å². The molecule has 2 N–H and O–H groups in total. The van der Waals surface area contributed by atoms with Crippen molar-refractivity contribution in [3.8, 4) is 0 Å². The van der Waals surface area contributed by atoms with Crippen LogP contribution in [0, 0.1) is 0 Å². The Labute approximate surface area is 119 Å². The third-order valence-electron chi connectivity index (χ3n) is 3.50. The lowest BCUT2D eigenvalue weighted by Gasteiger charge is -2.25. The van der Waals surface area contributed by atoms with E-state index in [-0.39, 0.29) is 24.6 Å². The van der Waals surface area contributed by atoms with Crippen LogP contribution in [0.4, 0.5) is 0 Å². The minimum absolute atomic E-state index is 0.0836. The first-order valence-electron chi connectivity index (χ1n) is 6.75. The summed E-state index contributed by atoms with van der Waals surface area (Å²) >= 11 is 0. The molecule has 20 heavy (non-hydrogen) atoms. The van der Waals surface area contributed by atoms with Crippen molar-refractivity contribution >= 4 is 16.0 Å². The molecule has 0 aromatic heterocycles. The Morgan fingerprint density at radius 2 is 2.00 bits per heavy atom. The summed E-state index contributed by atoms with van der Waals surface area (Å²) in [5.41, 5.74) is 2.48. The van der Waals surface area contributed by atoms with Crippen molar-refractivity contribution in [1.82, 2.24) is 4.72 Å². The highest BCUT2D eigenvalue weighted by molar-refractivity contribution is 7.89. The number of hydrogen-bond donors (Lipinski definition) is 2. The van der Waals surface area contributed by atoms with E-state index in [4.69, 9.17) is 5.11 Å². The highest BCUT2D eigenvalue weighted by Gasteiger charge is 2.22. The summed E-state index contributed by atoms with van der Waals surface area (Å²) in [5, 5.41) is 8.53. The molecule has 0 bridgehead atoms. The van der Waals surface area contributed by atoms with E-state index in [0.717, 1.165) is 12.8 Å². The Morgan fingerprint density at radius 3 is 2.70 bits per heavy atom. The van der Waals surface area contributed by atoms with Gasteiger partial charge in [-0.3, -0.25) is 4.79 Å². The Hall–Kier alpha value is -1.40. The second-order valence-electron chi connectivity index (χ2n) is 5.14. The van der Waals surface area contributed by atoms with Crippen LogP contribution in [0.2, 0.25) is 0 Å². The van der Waals surface area contributed by atoms with Gasteiger partial charge < -0.3 is 5.11 Å². The van der Waals surface area contributed by atoms with Crippen LogP contribution in [-0.4, -0.2) is 31.3 Å². The smallest absolute Gasteiger partial charge is 0.303 e. The minimum atomic E-state index is -3.39. The molecule has 5 nitrogen and oxygen atoms in total. The first-order chi connectivity index (χ1) is 9.46. The van der Waals surface area contributed by atoms with Crippen LogP contribution in [0.5, 0.6) is 0 Å². The molecule has 0 aliphatic heterocycles. The third kappa shape index (κ3) is 4.31. The third-order valence-corrected chi connectivity index (χ3v) is 5.02. The standard InChI is InChI=1S/C14H19NO4S/c16-14(17)6-3-9-20(18,19)15-13-8-7-11-4-1-2-5-12(11)10-13/h1-2,4-5,13,15H,3,6-10H2,(H,16,17). The lowest BCUT2D eigenvalue weighted by atomic mass is 9.89. The zero-order valence-corrected chi connectivity index (χ0v) is 12.0. The molecule has 0 saturated heterocycles. The zero-order chi connectivity index (χ0) is 14.6. The van der Waals surface area contributed by atoms with Crippen LogP contribution < -0.4 is 4.72 Å². The van der Waals surface area contributed by atoms with Crippen molar-refractivity contribution in [3.63, 3.8) is 0 Å². The summed E-state index contributed by atoms with van der Waals surface area (Å²) in [5.74, 6) is -1.09. The van der Waals surface area contributed by atoms with Gasteiger partial charge in [0, 0.05) is 12.5 Å². The van der Waals surface area contributed by atoms with Gasteiger partial charge in [0.15, 0.2) is 0 Å². The maximum Gasteiger partial charge on any atom is 0.303 e. The van der Waals surface area contributed by atoms with Crippen LogP contribution in [-0.2, 0) is 27.7 Å². The molecule has 0 spiro atoms. The van der Waals surface area contributed by atoms with Gasteiger partial charge in [-0.25, -0.2) is 13.1 Å². The average molecular weight is 297 g/mol. The van der Waals surface area contributed by atoms with Crippen LogP contribution in [0.15, 0.2) is 24.3 Å². The molecule has 1 unspecified atom stereocenters. The summed E-state index contributed by atoms with van der Waals surface area (Å²) in [4.78, 5) is 10.4. The molecule has 1 aliphatic rings. The van der Waals surface area contributed by atoms with Gasteiger partial charge in [-0.15, -0.1) is 0 Å². The van der Waals surface area contributed by atoms with Crippen molar-refractivity contribution in [2.24, 2.45) is 0 Å². The largest absolute Gasteiger partial charge is 0.481 e. The second-order valence-corrected chi connectivity index (χ2v) is 7.02. The van der Waals surface area contributed by atoms with Crippen molar-refractivity contribution < 1.29 is 18.3 Å². The summed E-state index contributed by atoms with van der Waals surface area (Å²) in [7, 11) is -3.39. The predicted molar refractivity (Wildman–Crippen MR) is 76.0 cm³/mol. The van der Waals surface area contributed by atoms with Crippen molar-refractivity contribution in [2.45, 2.75) is 38.1 Å². The molecule has 0 amide bonds. The summed E-state index contributed by atoms with van der Waals surface area (Å²) in [6.07, 6.45) is 2.39. The fraction of sp³-hybridized carbons (Fsp3) is 0.500. The maximum atomic E-state index is 11.9. The molecule has 0 fully saturated rings. The maximum absolute atomic E-state index is 11.9. The number of hydrogen-bond acceptors (Lipinski definition) is 3. The topological polar surface area (TPSA) is 83.5 Å². The van der Waals surface area contributed by atoms with E-state index in [2.05, 4.69) is 10.8 Å². The van der Waals surface area contributed by atoms with Crippen molar-refractivity contribution in [3.05, 3.63) is 35.4 Å². The van der Waals surface area contributed by atoms with Gasteiger partial charge >= 0.3 is 5.97 Å². The number of aliphatic carboxylic acids is 1. The van der Waals surface area contributed by atoms with E-state index >= 15 is 0 Å². The number of rotatable bonds is 6. The lowest BCUT2D eigenvalue weighted by molar-refractivity contribution is -0.137. The number of sulfonamides is 1. The SMILES string of the molecule is O=C(O)CCCS(=O)(=O)NC1CCc2ccccc2C1. The molecule has 2 rings (SSSR count). The zero-order valence-electron chi connectivity index (χ0n) is 11.2. The van der Waals surface area contributed by atoms with Gasteiger partial charge in [0.2, 0.25) is 10.0 Å². The van der Waals surface area contributed by atoms with Gasteiger partial charge in [-0.1, -0.05) is 24.3 Å². The van der Waals surface area contributed by atoms with E-state index in [1.165, 1.54) is 11.1 Å². The number of carbonyl (C=O) groups is 1. The Morgan fingerprint density at radius 1 is 1.30 bits per heavy atom. The molecule has 0 heterocycles. The number of carboxylic acid groups (broad SMARTS) is 1. The lowest BCUT2D eigenvalue weighted by Crippen LogP contribution is -2.40. The molecule has 110 valence electrons. The first kappa shape index (κ1) is 15.0. The van der Waals surface area contributed by atoms with Crippen LogP contribution in [0.1, 0.15) is 30.4 Å². The van der Waals surface area contributed by atoms with E-state index in [1.807, 2.05) is 18.2 Å². The quantitative estimate of drug-likeness (QED) is 0.829. The Balaban J connectivity index is 1.89. The van der Waals surface area contributed by atoms with Gasteiger partial charge in [0.25, 0.3) is 0 Å². The van der Waals surface area contributed by atoms with Crippen molar-refractivity contribution in [2.75, 3.05) is 5.75 Å². The second kappa shape index (κ2) is 6.37. The van der Waals surface area contributed by atoms with Crippen molar-refractivity contribution in [1.29, 1.82) is 0 Å². The molecule has 1 aromatic rings. The van der Waals surface area contributed by atoms with E-state index in [9.17, 15) is 13.2 Å². The molecule has 1 aliphatic carbocycles. The van der Waals surface area contributed by atoms with Gasteiger partial charge in [0.05, 0.1) is 5.75 Å². The van der Waals surface area contributed by atoms with Crippen LogP contribution in [0.3, 0.4) is 0 Å². The Kier molecular flexibility index (Phi) is 4.77. The highest BCUT2D eigenvalue weighted by Crippen LogP contribution is 2.21. The molecule has 1 atom stereocenters. The summed E-state index contributed by atoms with van der Waals surface area (Å²) in [6, 6.07) is 7.98. The molecular formula is C14H19NO4S. The van der Waals surface area contributed by atoms with Crippen LogP contribution in [0.25, 0.3) is 0 Å². The molecule has 0 saturated carbocycles. The predicted octanol–water partition coefficient (Wildman–Crippen LogP) is 1.33. The van der Waals surface area contributed by atoms with E-state index in [1.54, 1.807) is 0 Å². The molecule has 1 aromatic carbocycles. The number of fused-ring (bicyclic) bond motifs is 1. The number of carboxylic acids is 1. The summed E-state index contributed by atoms with van der Waals surface area (Å²) in [6.45, 7) is 0. The fourth-order valence-electron chi connectivity index (χ4n) is 2.52.